The van der Waals surface area contributed by atoms with Crippen molar-refractivity contribution in [3.63, 3.8) is 0 Å². The molecule has 2 heterocycles. The van der Waals surface area contributed by atoms with Crippen LogP contribution in [-0.2, 0) is 4.74 Å². The van der Waals surface area contributed by atoms with E-state index in [9.17, 15) is 4.79 Å². The molecule has 0 saturated carbocycles. The lowest BCUT2D eigenvalue weighted by Crippen LogP contribution is -2.28. The fourth-order valence-corrected chi connectivity index (χ4v) is 3.22. The van der Waals surface area contributed by atoms with Crippen molar-refractivity contribution in [3.8, 4) is 28.8 Å². The number of hydrogen-bond acceptors (Lipinski definition) is 6. The highest BCUT2D eigenvalue weighted by Crippen LogP contribution is 2.23. The number of nitrogens with zero attached hydrogens (tertiary/aromatic N) is 1. The Bertz CT molecular complexity index is 1300. The lowest BCUT2D eigenvalue weighted by atomic mass is 10.3. The van der Waals surface area contributed by atoms with Crippen molar-refractivity contribution in [2.24, 2.45) is 0 Å². The first-order valence-corrected chi connectivity index (χ1v) is 11.6. The summed E-state index contributed by atoms with van der Waals surface area (Å²) in [5.41, 5.74) is 1.98. The van der Waals surface area contributed by atoms with Gasteiger partial charge >= 0.3 is 6.09 Å². The van der Waals surface area contributed by atoms with Crippen LogP contribution in [0.5, 0.6) is 17.2 Å². The van der Waals surface area contributed by atoms with Crippen LogP contribution < -0.4 is 14.8 Å². The maximum atomic E-state index is 11.1. The van der Waals surface area contributed by atoms with Gasteiger partial charge in [0, 0.05) is 0 Å². The van der Waals surface area contributed by atoms with Crippen LogP contribution in [0.3, 0.4) is 0 Å². The second-order valence-corrected chi connectivity index (χ2v) is 7.46. The molecular formula is C28H27N3O5. The predicted octanol–water partition coefficient (Wildman–Crippen LogP) is 6.43. The maximum absolute atomic E-state index is 11.1. The molecule has 5 rings (SSSR count). The van der Waals surface area contributed by atoms with Gasteiger partial charge in [-0.1, -0.05) is 30.3 Å². The van der Waals surface area contributed by atoms with Gasteiger partial charge in [0.1, 0.15) is 23.9 Å². The number of amides is 1. The van der Waals surface area contributed by atoms with E-state index in [4.69, 9.17) is 18.6 Å². The van der Waals surface area contributed by atoms with E-state index in [0.717, 1.165) is 34.1 Å². The Kier molecular flexibility index (Phi) is 8.58. The van der Waals surface area contributed by atoms with E-state index >= 15 is 0 Å². The van der Waals surface area contributed by atoms with Crippen LogP contribution in [0.25, 0.3) is 22.6 Å². The van der Waals surface area contributed by atoms with Gasteiger partial charge in [-0.15, -0.1) is 0 Å². The lowest BCUT2D eigenvalue weighted by molar-refractivity contribution is 0.150. The number of para-hydroxylation sites is 3. The first-order valence-electron chi connectivity index (χ1n) is 11.6. The average molecular weight is 486 g/mol. The standard InChI is InChI=1S/C17H19NO4.C11H8N2O/c1-2-20-17(19)18-12-13-21-14-8-10-16(11-9-14)22-15-6-4-3-5-7-15;1-2-5-9-8(4-1)12-11(13-9)10-6-3-7-14-10/h3-11H,2,12-13H2,1H3,(H,18,19);1-7H,(H,12,13). The smallest absolute Gasteiger partial charge is 0.407 e. The summed E-state index contributed by atoms with van der Waals surface area (Å²) in [6.07, 6.45) is 1.21. The molecule has 0 saturated heterocycles. The van der Waals surface area contributed by atoms with Crippen molar-refractivity contribution in [1.82, 2.24) is 15.3 Å². The molecule has 36 heavy (non-hydrogen) atoms. The number of benzene rings is 3. The minimum Gasteiger partial charge on any atom is -0.492 e. The number of aromatic nitrogens is 2. The highest BCUT2D eigenvalue weighted by atomic mass is 16.5. The van der Waals surface area contributed by atoms with Crippen LogP contribution in [0, 0.1) is 0 Å². The van der Waals surface area contributed by atoms with E-state index in [-0.39, 0.29) is 0 Å². The quantitative estimate of drug-likeness (QED) is 0.246. The zero-order valence-corrected chi connectivity index (χ0v) is 19.8. The molecule has 0 aliphatic carbocycles. The summed E-state index contributed by atoms with van der Waals surface area (Å²) < 4.78 is 21.2. The molecule has 8 nitrogen and oxygen atoms in total. The van der Waals surface area contributed by atoms with Crippen LogP contribution >= 0.6 is 0 Å². The third-order valence-electron chi connectivity index (χ3n) is 4.86. The van der Waals surface area contributed by atoms with Gasteiger partial charge in [0.15, 0.2) is 11.6 Å². The molecule has 5 aromatic rings. The average Bonchev–Trinajstić information content (AvgIpc) is 3.59. The summed E-state index contributed by atoms with van der Waals surface area (Å²) in [7, 11) is 0. The number of carbonyl (C=O) groups is 1. The van der Waals surface area contributed by atoms with Gasteiger partial charge in [0.2, 0.25) is 0 Å². The van der Waals surface area contributed by atoms with Gasteiger partial charge in [-0.05, 0) is 67.6 Å². The number of alkyl carbamates (subject to hydrolysis) is 1. The Morgan fingerprint density at radius 1 is 0.889 bits per heavy atom. The van der Waals surface area contributed by atoms with Gasteiger partial charge < -0.3 is 28.9 Å². The molecule has 8 heteroatoms. The molecule has 0 spiro atoms. The second-order valence-electron chi connectivity index (χ2n) is 7.46. The van der Waals surface area contributed by atoms with Crippen LogP contribution in [0.1, 0.15) is 6.92 Å². The van der Waals surface area contributed by atoms with Crippen LogP contribution in [0.2, 0.25) is 0 Å². The zero-order valence-electron chi connectivity index (χ0n) is 19.8. The monoisotopic (exact) mass is 485 g/mol. The number of hydrogen-bond donors (Lipinski definition) is 2. The first-order chi connectivity index (χ1) is 17.7. The fourth-order valence-electron chi connectivity index (χ4n) is 3.22. The first kappa shape index (κ1) is 24.4. The minimum atomic E-state index is -0.433. The molecule has 2 aromatic heterocycles. The maximum Gasteiger partial charge on any atom is 0.407 e. The number of nitrogens with one attached hydrogen (secondary N) is 2. The Hall–Kier alpha value is -4.72. The van der Waals surface area contributed by atoms with Crippen LogP contribution in [0.4, 0.5) is 4.79 Å². The number of ether oxygens (including phenoxy) is 3. The summed E-state index contributed by atoms with van der Waals surface area (Å²) >= 11 is 0. The number of carbonyl (C=O) groups excluding carboxylic acids is 1. The molecule has 0 atom stereocenters. The molecule has 0 bridgehead atoms. The number of imidazole rings is 1. The van der Waals surface area contributed by atoms with E-state index < -0.39 is 6.09 Å². The molecule has 2 N–H and O–H groups in total. The van der Waals surface area contributed by atoms with Gasteiger partial charge in [-0.25, -0.2) is 9.78 Å². The second kappa shape index (κ2) is 12.7. The van der Waals surface area contributed by atoms with E-state index in [0.29, 0.717) is 25.5 Å². The third-order valence-corrected chi connectivity index (χ3v) is 4.86. The normalized spacial score (nSPS) is 10.2. The number of furan rings is 1. The highest BCUT2D eigenvalue weighted by molar-refractivity contribution is 5.78. The van der Waals surface area contributed by atoms with E-state index in [2.05, 4.69) is 15.3 Å². The van der Waals surface area contributed by atoms with Crippen LogP contribution in [0.15, 0.2) is 102 Å². The molecule has 3 aromatic carbocycles. The molecule has 0 aliphatic rings. The topological polar surface area (TPSA) is 98.6 Å². The Balaban J connectivity index is 0.000000185. The molecule has 0 fully saturated rings. The van der Waals surface area contributed by atoms with E-state index in [1.165, 1.54) is 0 Å². The summed E-state index contributed by atoms with van der Waals surface area (Å²) in [5, 5.41) is 2.59. The van der Waals surface area contributed by atoms with E-state index in [1.54, 1.807) is 13.2 Å². The number of fused-ring (bicyclic) bond motifs is 1. The number of rotatable bonds is 8. The highest BCUT2D eigenvalue weighted by Gasteiger charge is 2.06. The molecule has 0 aliphatic heterocycles. The summed E-state index contributed by atoms with van der Waals surface area (Å²) in [4.78, 5) is 18.7. The van der Waals surface area contributed by atoms with Gasteiger partial charge in [-0.2, -0.15) is 0 Å². The Morgan fingerprint density at radius 2 is 1.61 bits per heavy atom. The predicted molar refractivity (Wildman–Crippen MR) is 137 cm³/mol. The third kappa shape index (κ3) is 7.14. The number of H-pyrrole nitrogens is 1. The largest absolute Gasteiger partial charge is 0.492 e. The molecule has 184 valence electrons. The Morgan fingerprint density at radius 3 is 2.33 bits per heavy atom. The zero-order chi connectivity index (χ0) is 25.0. The van der Waals surface area contributed by atoms with Crippen molar-refractivity contribution in [2.75, 3.05) is 19.8 Å². The van der Waals surface area contributed by atoms with Crippen molar-refractivity contribution in [2.45, 2.75) is 6.92 Å². The van der Waals surface area contributed by atoms with Crippen molar-refractivity contribution < 1.29 is 23.4 Å². The molecular weight excluding hydrogens is 458 g/mol. The fraction of sp³-hybridized carbons (Fsp3) is 0.143. The molecule has 0 radical (unpaired) electrons. The summed E-state index contributed by atoms with van der Waals surface area (Å²) in [5.74, 6) is 3.78. The Labute approximate surface area is 208 Å². The minimum absolute atomic E-state index is 0.357. The molecule has 1 amide bonds. The van der Waals surface area contributed by atoms with Crippen LogP contribution in [-0.4, -0.2) is 35.8 Å². The van der Waals surface area contributed by atoms with E-state index in [1.807, 2.05) is 91.0 Å². The SMILES string of the molecule is CCOC(=O)NCCOc1ccc(Oc2ccccc2)cc1.c1coc(-c2nc3ccccc3[nH]2)c1. The van der Waals surface area contributed by atoms with Crippen molar-refractivity contribution >= 4 is 17.1 Å². The van der Waals surface area contributed by atoms with Crippen molar-refractivity contribution in [3.05, 3.63) is 97.3 Å². The summed E-state index contributed by atoms with van der Waals surface area (Å²) in [6.45, 7) is 2.88. The molecule has 0 unspecified atom stereocenters. The van der Waals surface area contributed by atoms with Gasteiger partial charge in [-0.3, -0.25) is 0 Å². The summed E-state index contributed by atoms with van der Waals surface area (Å²) in [6, 6.07) is 28.5. The van der Waals surface area contributed by atoms with Gasteiger partial charge in [0.25, 0.3) is 0 Å². The number of aromatic amines is 1. The van der Waals surface area contributed by atoms with Crippen molar-refractivity contribution in [1.29, 1.82) is 0 Å². The lowest BCUT2D eigenvalue weighted by Gasteiger charge is -2.09. The van der Waals surface area contributed by atoms with Gasteiger partial charge in [0.05, 0.1) is 30.4 Å².